The normalized spacial score (nSPS) is 13.7. The first-order valence-electron chi connectivity index (χ1n) is 3.14. The smallest absolute Gasteiger partial charge is 0.102 e. The van der Waals surface area contributed by atoms with Crippen LogP contribution >= 0.6 is 0 Å². The van der Waals surface area contributed by atoms with Gasteiger partial charge in [0, 0.05) is 6.54 Å². The quantitative estimate of drug-likeness (QED) is 0.166. The highest BCUT2D eigenvalue weighted by atomic mass is 16.3. The molecule has 0 aliphatic carbocycles. The van der Waals surface area contributed by atoms with Crippen LogP contribution < -0.4 is 17.0 Å². The van der Waals surface area contributed by atoms with Crippen molar-refractivity contribution in [2.45, 2.75) is 25.5 Å². The molecule has 0 aliphatic rings. The number of hydrogen-bond donors (Lipinski definition) is 4. The molecule has 0 radical (unpaired) electrons. The first-order valence-corrected chi connectivity index (χ1v) is 3.14. The number of hydrogen-bond acceptors (Lipinski definition) is 4. The summed E-state index contributed by atoms with van der Waals surface area (Å²) in [7, 11) is 0. The van der Waals surface area contributed by atoms with E-state index < -0.39 is 6.23 Å². The average molecular weight is 133 g/mol. The Morgan fingerprint density at radius 3 is 2.56 bits per heavy atom. The zero-order valence-electron chi connectivity index (χ0n) is 5.51. The fourth-order valence-corrected chi connectivity index (χ4v) is 0.581. The summed E-state index contributed by atoms with van der Waals surface area (Å²) < 4.78 is 0. The van der Waals surface area contributed by atoms with Gasteiger partial charge in [-0.3, -0.25) is 11.3 Å². The van der Waals surface area contributed by atoms with Crippen LogP contribution in [-0.2, 0) is 0 Å². The van der Waals surface area contributed by atoms with Crippen molar-refractivity contribution in [3.63, 3.8) is 0 Å². The molecule has 4 heteroatoms. The molecule has 1 unspecified atom stereocenters. The second kappa shape index (κ2) is 5.97. The lowest BCUT2D eigenvalue weighted by Gasteiger charge is -2.02. The molecule has 0 fully saturated rings. The fourth-order valence-electron chi connectivity index (χ4n) is 0.581. The number of nitrogens with two attached hydrogens (primary N) is 2. The van der Waals surface area contributed by atoms with E-state index in [-0.39, 0.29) is 0 Å². The molecule has 0 aromatic heterocycles. The minimum Gasteiger partial charge on any atom is -0.379 e. The Labute approximate surface area is 55.2 Å². The topological polar surface area (TPSA) is 84.3 Å². The summed E-state index contributed by atoms with van der Waals surface area (Å²) in [4.78, 5) is 0. The molecule has 0 saturated heterocycles. The highest BCUT2D eigenvalue weighted by Gasteiger charge is 1.93. The lowest BCUT2D eigenvalue weighted by molar-refractivity contribution is 0.168. The van der Waals surface area contributed by atoms with Gasteiger partial charge >= 0.3 is 0 Å². The van der Waals surface area contributed by atoms with Gasteiger partial charge < -0.3 is 10.8 Å². The lowest BCUT2D eigenvalue weighted by atomic mass is 10.2. The molecule has 56 valence electrons. The Morgan fingerprint density at radius 1 is 1.44 bits per heavy atom. The van der Waals surface area contributed by atoms with E-state index in [1.54, 1.807) is 0 Å². The van der Waals surface area contributed by atoms with E-state index in [0.29, 0.717) is 6.42 Å². The standard InChI is InChI=1S/C5H15N3O/c6-5(9)3-1-2-4-8-7/h5,8-9H,1-4,6-7H2. The van der Waals surface area contributed by atoms with Crippen molar-refractivity contribution in [1.29, 1.82) is 0 Å². The zero-order chi connectivity index (χ0) is 7.11. The maximum atomic E-state index is 8.58. The summed E-state index contributed by atoms with van der Waals surface area (Å²) in [5.41, 5.74) is 7.60. The first kappa shape index (κ1) is 8.84. The number of hydrazine groups is 1. The van der Waals surface area contributed by atoms with Crippen LogP contribution in [0.1, 0.15) is 19.3 Å². The first-order chi connectivity index (χ1) is 4.27. The Hall–Kier alpha value is -0.160. The Balaban J connectivity index is 2.75. The molecular weight excluding hydrogens is 118 g/mol. The van der Waals surface area contributed by atoms with Gasteiger partial charge in [0.15, 0.2) is 0 Å². The van der Waals surface area contributed by atoms with Crippen LogP contribution in [0.25, 0.3) is 0 Å². The van der Waals surface area contributed by atoms with Crippen LogP contribution in [0.5, 0.6) is 0 Å². The molecule has 0 saturated carbocycles. The highest BCUT2D eigenvalue weighted by molar-refractivity contribution is 4.46. The highest BCUT2D eigenvalue weighted by Crippen LogP contribution is 1.94. The van der Waals surface area contributed by atoms with Crippen LogP contribution in [0.4, 0.5) is 0 Å². The molecule has 9 heavy (non-hydrogen) atoms. The summed E-state index contributed by atoms with van der Waals surface area (Å²) >= 11 is 0. The summed E-state index contributed by atoms with van der Waals surface area (Å²) in [6, 6.07) is 0. The van der Waals surface area contributed by atoms with Gasteiger partial charge in [-0.15, -0.1) is 0 Å². The molecule has 4 nitrogen and oxygen atoms in total. The third-order valence-electron chi connectivity index (χ3n) is 1.07. The van der Waals surface area contributed by atoms with E-state index in [2.05, 4.69) is 5.43 Å². The van der Waals surface area contributed by atoms with Gasteiger partial charge in [0.05, 0.1) is 0 Å². The molecule has 0 heterocycles. The van der Waals surface area contributed by atoms with Gasteiger partial charge in [-0.25, -0.2) is 0 Å². The maximum absolute atomic E-state index is 8.58. The zero-order valence-corrected chi connectivity index (χ0v) is 5.51. The van der Waals surface area contributed by atoms with Crippen molar-refractivity contribution in [2.24, 2.45) is 11.6 Å². The number of aliphatic hydroxyl groups excluding tert-OH is 1. The summed E-state index contributed by atoms with van der Waals surface area (Å²) in [6.07, 6.45) is 1.87. The lowest BCUT2D eigenvalue weighted by Crippen LogP contribution is -2.24. The van der Waals surface area contributed by atoms with Gasteiger partial charge in [-0.1, -0.05) is 0 Å². The van der Waals surface area contributed by atoms with E-state index in [1.807, 2.05) is 0 Å². The number of unbranched alkanes of at least 4 members (excludes halogenated alkanes) is 1. The van der Waals surface area contributed by atoms with Crippen LogP contribution in [0, 0.1) is 0 Å². The van der Waals surface area contributed by atoms with Crippen LogP contribution in [0.3, 0.4) is 0 Å². The van der Waals surface area contributed by atoms with E-state index in [9.17, 15) is 0 Å². The van der Waals surface area contributed by atoms with Crippen LogP contribution in [0.15, 0.2) is 0 Å². The molecule has 1 atom stereocenters. The number of nitrogens with one attached hydrogen (secondary N) is 1. The molecule has 6 N–H and O–H groups in total. The Bertz CT molecular complexity index is 58.2. The third kappa shape index (κ3) is 7.84. The van der Waals surface area contributed by atoms with E-state index in [0.717, 1.165) is 19.4 Å². The summed E-state index contributed by atoms with van der Waals surface area (Å²) in [5, 5.41) is 8.58. The second-order valence-electron chi connectivity index (χ2n) is 2.02. The number of aliphatic hydroxyl groups is 1. The Morgan fingerprint density at radius 2 is 2.11 bits per heavy atom. The minimum absolute atomic E-state index is 0.654. The van der Waals surface area contributed by atoms with Crippen LogP contribution in [0.2, 0.25) is 0 Å². The minimum atomic E-state index is -0.664. The van der Waals surface area contributed by atoms with Gasteiger partial charge in [-0.05, 0) is 19.3 Å². The van der Waals surface area contributed by atoms with E-state index in [4.69, 9.17) is 16.7 Å². The molecule has 0 aromatic rings. The maximum Gasteiger partial charge on any atom is 0.102 e. The number of rotatable bonds is 5. The van der Waals surface area contributed by atoms with Crippen molar-refractivity contribution in [1.82, 2.24) is 5.43 Å². The van der Waals surface area contributed by atoms with E-state index >= 15 is 0 Å². The fraction of sp³-hybridized carbons (Fsp3) is 1.00. The van der Waals surface area contributed by atoms with E-state index in [1.165, 1.54) is 0 Å². The average Bonchev–Trinajstić information content (AvgIpc) is 1.80. The third-order valence-corrected chi connectivity index (χ3v) is 1.07. The van der Waals surface area contributed by atoms with Gasteiger partial charge in [0.2, 0.25) is 0 Å². The predicted octanol–water partition coefficient (Wildman–Crippen LogP) is -1.10. The second-order valence-corrected chi connectivity index (χ2v) is 2.02. The van der Waals surface area contributed by atoms with Gasteiger partial charge in [0.25, 0.3) is 0 Å². The molecule has 0 amide bonds. The molecule has 0 spiro atoms. The van der Waals surface area contributed by atoms with Crippen molar-refractivity contribution < 1.29 is 5.11 Å². The van der Waals surface area contributed by atoms with Gasteiger partial charge in [0.1, 0.15) is 6.23 Å². The largest absolute Gasteiger partial charge is 0.379 e. The van der Waals surface area contributed by atoms with Crippen LogP contribution in [-0.4, -0.2) is 17.9 Å². The molecule has 0 aliphatic heterocycles. The van der Waals surface area contributed by atoms with Crippen molar-refractivity contribution in [2.75, 3.05) is 6.54 Å². The van der Waals surface area contributed by atoms with Gasteiger partial charge in [-0.2, -0.15) is 0 Å². The molecule has 0 aromatic carbocycles. The summed E-state index contributed by atoms with van der Waals surface area (Å²) in [5.74, 6) is 5.00. The van der Waals surface area contributed by atoms with Crippen molar-refractivity contribution >= 4 is 0 Å². The SMILES string of the molecule is NNCCCCC(N)O. The summed E-state index contributed by atoms with van der Waals surface area (Å²) in [6.45, 7) is 0.784. The van der Waals surface area contributed by atoms with Crippen molar-refractivity contribution in [3.05, 3.63) is 0 Å². The Kier molecular flexibility index (Phi) is 5.86. The van der Waals surface area contributed by atoms with Crippen molar-refractivity contribution in [3.8, 4) is 0 Å². The molecular formula is C5H15N3O. The molecule has 0 rings (SSSR count). The monoisotopic (exact) mass is 133 g/mol. The predicted molar refractivity (Wildman–Crippen MR) is 36.2 cm³/mol. The molecule has 0 bridgehead atoms.